The normalized spacial score (nSPS) is 14.5. The Kier molecular flexibility index (Phi) is 4.78. The molecule has 1 aliphatic rings. The lowest BCUT2D eigenvalue weighted by atomic mass is 10.4. The van der Waals surface area contributed by atoms with Gasteiger partial charge in [0.2, 0.25) is 11.9 Å². The molecule has 104 valence electrons. The molecule has 0 aliphatic carbocycles. The highest BCUT2D eigenvalue weighted by atomic mass is 32.2. The van der Waals surface area contributed by atoms with Crippen molar-refractivity contribution in [3.63, 3.8) is 0 Å². The lowest BCUT2D eigenvalue weighted by molar-refractivity contribution is -0.137. The zero-order valence-corrected chi connectivity index (χ0v) is 11.9. The van der Waals surface area contributed by atoms with Crippen molar-refractivity contribution in [2.75, 3.05) is 43.2 Å². The average molecular weight is 283 g/mol. The van der Waals surface area contributed by atoms with Crippen LogP contribution in [0.3, 0.4) is 0 Å². The molecule has 7 nitrogen and oxygen atoms in total. The van der Waals surface area contributed by atoms with Gasteiger partial charge in [0.05, 0.1) is 12.9 Å². The molecular weight excluding hydrogens is 266 g/mol. The fraction of sp³-hybridized carbons (Fsp3) is 0.636. The molecule has 0 spiro atoms. The molecule has 0 atom stereocenters. The van der Waals surface area contributed by atoms with Crippen LogP contribution in [0.15, 0.2) is 5.16 Å². The van der Waals surface area contributed by atoms with Crippen molar-refractivity contribution in [2.24, 2.45) is 0 Å². The number of hydrogen-bond acceptors (Lipinski definition) is 8. The minimum Gasteiger partial charge on any atom is -0.468 e. The zero-order valence-electron chi connectivity index (χ0n) is 11.0. The average Bonchev–Trinajstić information content (AvgIpc) is 2.98. The molecule has 1 aliphatic heterocycles. The van der Waals surface area contributed by atoms with E-state index in [0.29, 0.717) is 17.1 Å². The van der Waals surface area contributed by atoms with Crippen LogP contribution in [-0.2, 0) is 9.53 Å². The minimum atomic E-state index is -0.292. The van der Waals surface area contributed by atoms with Crippen molar-refractivity contribution in [2.45, 2.75) is 18.0 Å². The number of thioether (sulfide) groups is 1. The fourth-order valence-electron chi connectivity index (χ4n) is 1.76. The van der Waals surface area contributed by atoms with Crippen LogP contribution in [-0.4, -0.2) is 53.9 Å². The van der Waals surface area contributed by atoms with Gasteiger partial charge in [-0.3, -0.25) is 4.79 Å². The zero-order chi connectivity index (χ0) is 13.7. The second kappa shape index (κ2) is 6.55. The minimum absolute atomic E-state index is 0.198. The van der Waals surface area contributed by atoms with Crippen LogP contribution in [0.4, 0.5) is 11.9 Å². The van der Waals surface area contributed by atoms with Crippen LogP contribution in [0.25, 0.3) is 0 Å². The van der Waals surface area contributed by atoms with E-state index in [4.69, 9.17) is 0 Å². The van der Waals surface area contributed by atoms with Gasteiger partial charge < -0.3 is 15.0 Å². The van der Waals surface area contributed by atoms with Gasteiger partial charge in [0.1, 0.15) is 0 Å². The summed E-state index contributed by atoms with van der Waals surface area (Å²) in [5.74, 6) is 1.09. The van der Waals surface area contributed by atoms with Gasteiger partial charge in [0.25, 0.3) is 0 Å². The van der Waals surface area contributed by atoms with E-state index < -0.39 is 0 Å². The smallest absolute Gasteiger partial charge is 0.316 e. The number of carbonyl (C=O) groups is 1. The number of esters is 1. The second-order valence-electron chi connectivity index (χ2n) is 4.05. The Balaban J connectivity index is 2.13. The van der Waals surface area contributed by atoms with Gasteiger partial charge in [-0.2, -0.15) is 15.0 Å². The van der Waals surface area contributed by atoms with E-state index in [-0.39, 0.29) is 11.7 Å². The molecule has 1 N–H and O–H groups in total. The Morgan fingerprint density at radius 2 is 2.11 bits per heavy atom. The molecule has 1 fully saturated rings. The van der Waals surface area contributed by atoms with Gasteiger partial charge in [-0.25, -0.2) is 0 Å². The first kappa shape index (κ1) is 13.9. The van der Waals surface area contributed by atoms with Gasteiger partial charge in [0.15, 0.2) is 5.16 Å². The quantitative estimate of drug-likeness (QED) is 0.627. The third kappa shape index (κ3) is 3.69. The van der Waals surface area contributed by atoms with Crippen molar-refractivity contribution in [1.82, 2.24) is 15.0 Å². The molecule has 0 unspecified atom stereocenters. The summed E-state index contributed by atoms with van der Waals surface area (Å²) in [6.45, 7) is 1.93. The van der Waals surface area contributed by atoms with Crippen molar-refractivity contribution in [1.29, 1.82) is 0 Å². The van der Waals surface area contributed by atoms with Crippen LogP contribution in [0.5, 0.6) is 0 Å². The molecule has 0 bridgehead atoms. The van der Waals surface area contributed by atoms with E-state index in [9.17, 15) is 4.79 Å². The SMILES string of the molecule is CNc1nc(SCC(=O)OC)nc(N2CCCC2)n1. The van der Waals surface area contributed by atoms with E-state index in [1.165, 1.54) is 18.9 Å². The molecule has 1 saturated heterocycles. The maximum Gasteiger partial charge on any atom is 0.316 e. The Hall–Kier alpha value is -1.57. The van der Waals surface area contributed by atoms with E-state index in [1.807, 2.05) is 0 Å². The molecule has 2 rings (SSSR count). The highest BCUT2D eigenvalue weighted by molar-refractivity contribution is 7.99. The summed E-state index contributed by atoms with van der Waals surface area (Å²) in [5, 5.41) is 3.45. The lowest BCUT2D eigenvalue weighted by Crippen LogP contribution is -2.21. The first-order chi connectivity index (χ1) is 9.22. The fourth-order valence-corrected chi connectivity index (χ4v) is 2.43. The molecule has 19 heavy (non-hydrogen) atoms. The van der Waals surface area contributed by atoms with Crippen molar-refractivity contribution >= 4 is 29.6 Å². The summed E-state index contributed by atoms with van der Waals surface area (Å²) in [5.41, 5.74) is 0. The Bertz CT molecular complexity index is 451. The molecule has 1 aromatic rings. The Morgan fingerprint density at radius 3 is 2.74 bits per heavy atom. The van der Waals surface area contributed by atoms with Crippen molar-refractivity contribution in [3.05, 3.63) is 0 Å². The summed E-state index contributed by atoms with van der Waals surface area (Å²) in [4.78, 5) is 26.2. The molecule has 0 amide bonds. The second-order valence-corrected chi connectivity index (χ2v) is 4.99. The van der Waals surface area contributed by atoms with Gasteiger partial charge in [0, 0.05) is 20.1 Å². The predicted octanol–water partition coefficient (Wildman–Crippen LogP) is 0.779. The monoisotopic (exact) mass is 283 g/mol. The van der Waals surface area contributed by atoms with Crippen LogP contribution >= 0.6 is 11.8 Å². The van der Waals surface area contributed by atoms with E-state index >= 15 is 0 Å². The van der Waals surface area contributed by atoms with E-state index in [1.54, 1.807) is 7.05 Å². The first-order valence-corrected chi connectivity index (χ1v) is 7.10. The first-order valence-electron chi connectivity index (χ1n) is 6.11. The summed E-state index contributed by atoms with van der Waals surface area (Å²) in [6.07, 6.45) is 2.32. The van der Waals surface area contributed by atoms with E-state index in [0.717, 1.165) is 25.9 Å². The van der Waals surface area contributed by atoms with Gasteiger partial charge in [-0.05, 0) is 12.8 Å². The lowest BCUT2D eigenvalue weighted by Gasteiger charge is -2.16. The number of rotatable bonds is 5. The van der Waals surface area contributed by atoms with Crippen molar-refractivity contribution < 1.29 is 9.53 Å². The molecule has 1 aromatic heterocycles. The summed E-state index contributed by atoms with van der Waals surface area (Å²) in [6, 6.07) is 0. The van der Waals surface area contributed by atoms with Crippen LogP contribution in [0.2, 0.25) is 0 Å². The predicted molar refractivity (Wildman–Crippen MR) is 73.6 cm³/mol. The number of nitrogens with zero attached hydrogens (tertiary/aromatic N) is 4. The summed E-state index contributed by atoms with van der Waals surface area (Å²) in [7, 11) is 3.13. The molecule has 8 heteroatoms. The molecule has 0 aromatic carbocycles. The molecule has 0 radical (unpaired) electrons. The Morgan fingerprint density at radius 1 is 1.37 bits per heavy atom. The van der Waals surface area contributed by atoms with Gasteiger partial charge in [-0.1, -0.05) is 11.8 Å². The van der Waals surface area contributed by atoms with E-state index in [2.05, 4.69) is 29.9 Å². The maximum atomic E-state index is 11.1. The number of anilines is 2. The highest BCUT2D eigenvalue weighted by Crippen LogP contribution is 2.21. The summed E-state index contributed by atoms with van der Waals surface area (Å²) >= 11 is 1.25. The third-order valence-electron chi connectivity index (χ3n) is 2.76. The largest absolute Gasteiger partial charge is 0.468 e. The van der Waals surface area contributed by atoms with Gasteiger partial charge in [-0.15, -0.1) is 0 Å². The molecule has 2 heterocycles. The Labute approximate surface area is 116 Å². The standard InChI is InChI=1S/C11H17N5O2S/c1-12-9-13-10(16-5-3-4-6-16)15-11(14-9)19-7-8(17)18-2/h3-7H2,1-2H3,(H,12,13,14,15). The topological polar surface area (TPSA) is 80.2 Å². The van der Waals surface area contributed by atoms with Crippen molar-refractivity contribution in [3.8, 4) is 0 Å². The van der Waals surface area contributed by atoms with Crippen LogP contribution in [0, 0.1) is 0 Å². The number of carbonyl (C=O) groups excluding carboxylic acids is 1. The maximum absolute atomic E-state index is 11.1. The molecular formula is C11H17N5O2S. The number of aromatic nitrogens is 3. The third-order valence-corrected chi connectivity index (χ3v) is 3.58. The highest BCUT2D eigenvalue weighted by Gasteiger charge is 2.17. The van der Waals surface area contributed by atoms with Crippen LogP contribution < -0.4 is 10.2 Å². The van der Waals surface area contributed by atoms with Gasteiger partial charge >= 0.3 is 5.97 Å². The number of ether oxygens (including phenoxy) is 1. The van der Waals surface area contributed by atoms with Crippen LogP contribution in [0.1, 0.15) is 12.8 Å². The summed E-state index contributed by atoms with van der Waals surface area (Å²) < 4.78 is 4.60. The molecule has 0 saturated carbocycles. The number of hydrogen-bond donors (Lipinski definition) is 1. The number of nitrogens with one attached hydrogen (secondary N) is 1. The number of methoxy groups -OCH3 is 1.